The van der Waals surface area contributed by atoms with Crippen molar-refractivity contribution in [2.45, 2.75) is 4.90 Å². The average Bonchev–Trinajstić information content (AvgIpc) is 2.14. The predicted octanol–water partition coefficient (Wildman–Crippen LogP) is -0.116. The normalized spacial score (nSPS) is 10.1. The van der Waals surface area contributed by atoms with E-state index in [2.05, 4.69) is 11.8 Å². The van der Waals surface area contributed by atoms with Gasteiger partial charge in [0.1, 0.15) is 0 Å². The van der Waals surface area contributed by atoms with Crippen LogP contribution >= 0.6 is 0 Å². The molecule has 72 valence electrons. The third-order valence-electron chi connectivity index (χ3n) is 1.44. The summed E-state index contributed by atoms with van der Waals surface area (Å²) in [6.45, 7) is 0. The Balaban J connectivity index is 3.21. The number of carbonyl (C=O) groups excluding carboxylic acids is 1. The molecule has 0 atom stereocenters. The summed E-state index contributed by atoms with van der Waals surface area (Å²) in [5.74, 6) is 4.65. The Kier molecular flexibility index (Phi) is 3.02. The second-order valence-electron chi connectivity index (χ2n) is 2.46. The lowest BCUT2D eigenvalue weighted by Gasteiger charge is -1.97. The minimum Gasteiger partial charge on any atom is -0.289 e. The van der Waals surface area contributed by atoms with Gasteiger partial charge in [0.2, 0.25) is 10.0 Å². The van der Waals surface area contributed by atoms with Crippen LogP contribution in [0, 0.1) is 11.8 Å². The van der Waals surface area contributed by atoms with E-state index in [0.29, 0.717) is 11.8 Å². The fourth-order valence-electron chi connectivity index (χ4n) is 0.864. The minimum absolute atomic E-state index is 0.0183. The van der Waals surface area contributed by atoms with Crippen molar-refractivity contribution in [1.29, 1.82) is 0 Å². The number of primary sulfonamides is 1. The van der Waals surface area contributed by atoms with Crippen molar-refractivity contribution in [3.63, 3.8) is 0 Å². The average molecular weight is 209 g/mol. The molecule has 4 nitrogen and oxygen atoms in total. The number of hydrogen-bond acceptors (Lipinski definition) is 3. The molecule has 0 aromatic heterocycles. The minimum atomic E-state index is -3.71. The first-order chi connectivity index (χ1) is 6.54. The van der Waals surface area contributed by atoms with E-state index in [0.717, 1.165) is 0 Å². The Morgan fingerprint density at radius 1 is 1.36 bits per heavy atom. The molecule has 0 saturated heterocycles. The van der Waals surface area contributed by atoms with E-state index in [1.807, 2.05) is 0 Å². The molecule has 1 rings (SSSR count). The van der Waals surface area contributed by atoms with Gasteiger partial charge >= 0.3 is 0 Å². The molecular weight excluding hydrogens is 202 g/mol. The molecule has 1 aromatic carbocycles. The van der Waals surface area contributed by atoms with E-state index < -0.39 is 10.0 Å². The summed E-state index contributed by atoms with van der Waals surface area (Å²) in [6.07, 6.45) is 0.434. The second kappa shape index (κ2) is 4.05. The third kappa shape index (κ3) is 2.69. The molecule has 5 heteroatoms. The van der Waals surface area contributed by atoms with Crippen LogP contribution in [0.15, 0.2) is 29.2 Å². The summed E-state index contributed by atoms with van der Waals surface area (Å²) in [4.78, 5) is 9.93. The van der Waals surface area contributed by atoms with E-state index in [4.69, 9.17) is 5.14 Å². The fourth-order valence-corrected chi connectivity index (χ4v) is 1.42. The number of hydrogen-bond donors (Lipinski definition) is 1. The van der Waals surface area contributed by atoms with Gasteiger partial charge in [0.15, 0.2) is 6.29 Å². The summed E-state index contributed by atoms with van der Waals surface area (Å²) >= 11 is 0. The lowest BCUT2D eigenvalue weighted by atomic mass is 10.2. The van der Waals surface area contributed by atoms with Gasteiger partial charge in [-0.2, -0.15) is 0 Å². The number of sulfonamides is 1. The second-order valence-corrected chi connectivity index (χ2v) is 4.02. The van der Waals surface area contributed by atoms with Crippen LogP contribution in [0.4, 0.5) is 0 Å². The van der Waals surface area contributed by atoms with Gasteiger partial charge in [-0.25, -0.2) is 13.6 Å². The lowest BCUT2D eigenvalue weighted by Crippen LogP contribution is -2.11. The monoisotopic (exact) mass is 209 g/mol. The molecule has 1 aromatic rings. The zero-order chi connectivity index (χ0) is 10.6. The smallest absolute Gasteiger partial charge is 0.238 e. The molecule has 0 unspecified atom stereocenters. The Morgan fingerprint density at radius 3 is 2.64 bits per heavy atom. The van der Waals surface area contributed by atoms with Crippen LogP contribution in [0.3, 0.4) is 0 Å². The molecule has 0 amide bonds. The van der Waals surface area contributed by atoms with Crippen molar-refractivity contribution < 1.29 is 13.2 Å². The first-order valence-corrected chi connectivity index (χ1v) is 5.17. The van der Waals surface area contributed by atoms with Crippen LogP contribution < -0.4 is 5.14 Å². The Bertz CT molecular complexity index is 508. The van der Waals surface area contributed by atoms with Crippen LogP contribution in [0.1, 0.15) is 5.56 Å². The maximum atomic E-state index is 10.9. The zero-order valence-corrected chi connectivity index (χ0v) is 7.91. The van der Waals surface area contributed by atoms with E-state index in [9.17, 15) is 13.2 Å². The molecule has 14 heavy (non-hydrogen) atoms. The first-order valence-electron chi connectivity index (χ1n) is 3.62. The highest BCUT2D eigenvalue weighted by molar-refractivity contribution is 7.89. The molecule has 0 heterocycles. The summed E-state index contributed by atoms with van der Waals surface area (Å²) in [5.41, 5.74) is 0.434. The van der Waals surface area contributed by atoms with Gasteiger partial charge in [-0.15, -0.1) is 0 Å². The highest BCUT2D eigenvalue weighted by Gasteiger charge is 2.06. The molecule has 0 radical (unpaired) electrons. The predicted molar refractivity (Wildman–Crippen MR) is 50.8 cm³/mol. The van der Waals surface area contributed by atoms with E-state index in [1.165, 1.54) is 18.2 Å². The van der Waals surface area contributed by atoms with Crippen molar-refractivity contribution in [1.82, 2.24) is 0 Å². The highest BCUT2D eigenvalue weighted by atomic mass is 32.2. The number of carbonyl (C=O) groups is 1. The summed E-state index contributed by atoms with van der Waals surface area (Å²) in [5, 5.41) is 4.91. The number of rotatable bonds is 1. The molecule has 0 aliphatic carbocycles. The maximum absolute atomic E-state index is 10.9. The molecular formula is C9H7NO3S. The van der Waals surface area contributed by atoms with Crippen LogP contribution in [0.25, 0.3) is 0 Å². The Morgan fingerprint density at radius 2 is 2.07 bits per heavy atom. The first kappa shape index (κ1) is 10.4. The van der Waals surface area contributed by atoms with E-state index >= 15 is 0 Å². The maximum Gasteiger partial charge on any atom is 0.238 e. The lowest BCUT2D eigenvalue weighted by molar-refractivity contribution is -0.103. The van der Waals surface area contributed by atoms with Crippen LogP contribution in [0.2, 0.25) is 0 Å². The molecule has 0 aliphatic rings. The van der Waals surface area contributed by atoms with Gasteiger partial charge in [-0.05, 0) is 24.1 Å². The van der Waals surface area contributed by atoms with Gasteiger partial charge in [0.25, 0.3) is 0 Å². The van der Waals surface area contributed by atoms with Crippen molar-refractivity contribution in [3.8, 4) is 11.8 Å². The van der Waals surface area contributed by atoms with Gasteiger partial charge in [0, 0.05) is 5.56 Å². The summed E-state index contributed by atoms with van der Waals surface area (Å²) in [7, 11) is -3.71. The van der Waals surface area contributed by atoms with Gasteiger partial charge in [-0.3, -0.25) is 4.79 Å². The Labute approximate surface area is 81.8 Å². The Hall–Kier alpha value is -1.64. The quantitative estimate of drug-likeness (QED) is 0.517. The van der Waals surface area contributed by atoms with E-state index in [-0.39, 0.29) is 4.90 Å². The topological polar surface area (TPSA) is 77.2 Å². The molecule has 0 fully saturated rings. The SMILES string of the molecule is NS(=O)(=O)c1cccc(C#CC=O)c1. The van der Waals surface area contributed by atoms with Crippen LogP contribution in [-0.4, -0.2) is 14.7 Å². The molecule has 0 saturated carbocycles. The molecule has 2 N–H and O–H groups in total. The highest BCUT2D eigenvalue weighted by Crippen LogP contribution is 2.08. The van der Waals surface area contributed by atoms with Crippen molar-refractivity contribution in [3.05, 3.63) is 29.8 Å². The van der Waals surface area contributed by atoms with Gasteiger partial charge < -0.3 is 0 Å². The largest absolute Gasteiger partial charge is 0.289 e. The van der Waals surface area contributed by atoms with Crippen LogP contribution in [-0.2, 0) is 14.8 Å². The van der Waals surface area contributed by atoms with Crippen molar-refractivity contribution in [2.24, 2.45) is 5.14 Å². The van der Waals surface area contributed by atoms with Gasteiger partial charge in [-0.1, -0.05) is 12.0 Å². The van der Waals surface area contributed by atoms with E-state index in [1.54, 1.807) is 6.07 Å². The zero-order valence-electron chi connectivity index (χ0n) is 7.10. The summed E-state index contributed by atoms with van der Waals surface area (Å²) in [6, 6.07) is 5.77. The number of nitrogens with two attached hydrogens (primary N) is 1. The molecule has 0 aliphatic heterocycles. The standard InChI is InChI=1S/C9H7NO3S/c10-14(12,13)9-5-1-3-8(7-9)4-2-6-11/h1,3,5-7H,(H2,10,12,13). The molecule has 0 bridgehead atoms. The third-order valence-corrected chi connectivity index (χ3v) is 2.35. The van der Waals surface area contributed by atoms with Crippen molar-refractivity contribution >= 4 is 16.3 Å². The van der Waals surface area contributed by atoms with Crippen molar-refractivity contribution in [2.75, 3.05) is 0 Å². The van der Waals surface area contributed by atoms with Gasteiger partial charge in [0.05, 0.1) is 4.90 Å². The molecule has 0 spiro atoms. The summed E-state index contributed by atoms with van der Waals surface area (Å²) < 4.78 is 21.8. The fraction of sp³-hybridized carbons (Fsp3) is 0. The number of benzene rings is 1. The number of aldehydes is 1. The van der Waals surface area contributed by atoms with Crippen LogP contribution in [0.5, 0.6) is 0 Å².